The normalized spacial score (nSPS) is 10.8. The van der Waals surface area contributed by atoms with Crippen molar-refractivity contribution in [3.8, 4) is 5.75 Å². The maximum Gasteiger partial charge on any atom is 0.290 e. The SMILES string of the molecule is NCc1[nH]c(=O)c(O)cc1C(F)F. The summed E-state index contributed by atoms with van der Waals surface area (Å²) in [6, 6.07) is 0.728. The fourth-order valence-corrected chi connectivity index (χ4v) is 0.937. The number of aromatic hydroxyl groups is 1. The van der Waals surface area contributed by atoms with Crippen molar-refractivity contribution in [1.82, 2.24) is 4.98 Å². The highest BCUT2D eigenvalue weighted by Crippen LogP contribution is 2.22. The van der Waals surface area contributed by atoms with Crippen LogP contribution in [0.2, 0.25) is 0 Å². The molecule has 0 aromatic carbocycles. The first-order chi connectivity index (χ1) is 6.06. The molecule has 0 bridgehead atoms. The van der Waals surface area contributed by atoms with E-state index in [-0.39, 0.29) is 12.2 Å². The molecule has 6 heteroatoms. The van der Waals surface area contributed by atoms with Gasteiger partial charge in [-0.25, -0.2) is 8.78 Å². The molecular formula is C7H8F2N2O2. The van der Waals surface area contributed by atoms with Crippen LogP contribution in [-0.4, -0.2) is 10.1 Å². The van der Waals surface area contributed by atoms with E-state index in [0.717, 1.165) is 6.07 Å². The molecule has 0 saturated carbocycles. The highest BCUT2D eigenvalue weighted by atomic mass is 19.3. The van der Waals surface area contributed by atoms with Gasteiger partial charge in [-0.3, -0.25) is 4.79 Å². The summed E-state index contributed by atoms with van der Waals surface area (Å²) in [6.45, 7) is -0.199. The molecule has 1 aromatic heterocycles. The number of halogens is 2. The second kappa shape index (κ2) is 3.53. The largest absolute Gasteiger partial charge is 0.503 e. The monoisotopic (exact) mass is 190 g/mol. The highest BCUT2D eigenvalue weighted by Gasteiger charge is 2.14. The molecule has 0 aliphatic heterocycles. The van der Waals surface area contributed by atoms with Gasteiger partial charge in [-0.2, -0.15) is 0 Å². The Morgan fingerprint density at radius 1 is 1.62 bits per heavy atom. The van der Waals surface area contributed by atoms with E-state index in [0.29, 0.717) is 0 Å². The van der Waals surface area contributed by atoms with Gasteiger partial charge in [0.15, 0.2) is 5.75 Å². The van der Waals surface area contributed by atoms with E-state index in [2.05, 4.69) is 4.98 Å². The molecule has 0 saturated heterocycles. The molecule has 1 aromatic rings. The fraction of sp³-hybridized carbons (Fsp3) is 0.286. The Morgan fingerprint density at radius 2 is 2.23 bits per heavy atom. The first-order valence-electron chi connectivity index (χ1n) is 3.49. The summed E-state index contributed by atoms with van der Waals surface area (Å²) in [5.41, 5.74) is 3.80. The summed E-state index contributed by atoms with van der Waals surface area (Å²) in [5.74, 6) is -0.729. The number of nitrogens with two attached hydrogens (primary N) is 1. The number of pyridine rings is 1. The van der Waals surface area contributed by atoms with Gasteiger partial charge in [0.1, 0.15) is 0 Å². The van der Waals surface area contributed by atoms with E-state index in [4.69, 9.17) is 10.8 Å². The minimum atomic E-state index is -2.76. The van der Waals surface area contributed by atoms with Crippen molar-refractivity contribution < 1.29 is 13.9 Å². The van der Waals surface area contributed by atoms with Gasteiger partial charge in [0, 0.05) is 17.8 Å². The highest BCUT2D eigenvalue weighted by molar-refractivity contribution is 5.29. The first kappa shape index (κ1) is 9.66. The van der Waals surface area contributed by atoms with Crippen molar-refractivity contribution in [2.45, 2.75) is 13.0 Å². The van der Waals surface area contributed by atoms with Crippen molar-refractivity contribution in [2.24, 2.45) is 5.73 Å². The second-order valence-electron chi connectivity index (χ2n) is 2.42. The van der Waals surface area contributed by atoms with Crippen LogP contribution in [0.3, 0.4) is 0 Å². The molecule has 0 amide bonds. The summed E-state index contributed by atoms with van der Waals surface area (Å²) >= 11 is 0. The number of hydrogen-bond acceptors (Lipinski definition) is 3. The van der Waals surface area contributed by atoms with Crippen LogP contribution < -0.4 is 11.3 Å². The number of H-pyrrole nitrogens is 1. The van der Waals surface area contributed by atoms with Crippen LogP contribution in [0.1, 0.15) is 17.7 Å². The lowest BCUT2D eigenvalue weighted by atomic mass is 10.2. The van der Waals surface area contributed by atoms with E-state index in [1.54, 1.807) is 0 Å². The Labute approximate surface area is 72.0 Å². The zero-order valence-corrected chi connectivity index (χ0v) is 6.55. The summed E-state index contributed by atoms with van der Waals surface area (Å²) in [7, 11) is 0. The maximum absolute atomic E-state index is 12.2. The lowest BCUT2D eigenvalue weighted by Crippen LogP contribution is -2.14. The molecule has 72 valence electrons. The van der Waals surface area contributed by atoms with Crippen LogP contribution in [0.25, 0.3) is 0 Å². The molecule has 0 aliphatic carbocycles. The Hall–Kier alpha value is -1.43. The zero-order chi connectivity index (χ0) is 10.0. The molecule has 4 N–H and O–H groups in total. The Bertz CT molecular complexity index is 362. The van der Waals surface area contributed by atoms with E-state index in [1.165, 1.54) is 0 Å². The third kappa shape index (κ3) is 1.83. The van der Waals surface area contributed by atoms with Crippen LogP contribution in [0, 0.1) is 0 Å². The molecule has 0 aliphatic rings. The Morgan fingerprint density at radius 3 is 2.69 bits per heavy atom. The van der Waals surface area contributed by atoms with Crippen molar-refractivity contribution in [2.75, 3.05) is 0 Å². The zero-order valence-electron chi connectivity index (χ0n) is 6.55. The van der Waals surface area contributed by atoms with Gasteiger partial charge < -0.3 is 15.8 Å². The number of nitrogens with one attached hydrogen (secondary N) is 1. The lowest BCUT2D eigenvalue weighted by Gasteiger charge is -2.06. The Balaban J connectivity index is 3.33. The van der Waals surface area contributed by atoms with E-state index in [1.807, 2.05) is 0 Å². The third-order valence-corrected chi connectivity index (χ3v) is 1.58. The average Bonchev–Trinajstić information content (AvgIpc) is 2.08. The number of aromatic amines is 1. The lowest BCUT2D eigenvalue weighted by molar-refractivity contribution is 0.149. The van der Waals surface area contributed by atoms with E-state index < -0.39 is 23.3 Å². The summed E-state index contributed by atoms with van der Waals surface area (Å²) in [4.78, 5) is 12.8. The van der Waals surface area contributed by atoms with Gasteiger partial charge in [-0.1, -0.05) is 0 Å². The van der Waals surface area contributed by atoms with Crippen molar-refractivity contribution in [1.29, 1.82) is 0 Å². The van der Waals surface area contributed by atoms with Crippen molar-refractivity contribution in [3.05, 3.63) is 27.7 Å². The number of aromatic nitrogens is 1. The summed E-state index contributed by atoms with van der Waals surface area (Å²) in [5, 5.41) is 8.85. The molecule has 0 radical (unpaired) electrons. The van der Waals surface area contributed by atoms with Gasteiger partial charge in [-0.15, -0.1) is 0 Å². The summed E-state index contributed by atoms with van der Waals surface area (Å²) in [6.07, 6.45) is -2.76. The number of rotatable bonds is 2. The van der Waals surface area contributed by atoms with Gasteiger partial charge in [0.25, 0.3) is 12.0 Å². The molecule has 1 heterocycles. The molecule has 0 atom stereocenters. The van der Waals surface area contributed by atoms with Crippen LogP contribution in [0.15, 0.2) is 10.9 Å². The second-order valence-corrected chi connectivity index (χ2v) is 2.42. The topological polar surface area (TPSA) is 79.1 Å². The Kier molecular flexibility index (Phi) is 2.62. The first-order valence-corrected chi connectivity index (χ1v) is 3.49. The minimum absolute atomic E-state index is 0.0576. The fourth-order valence-electron chi connectivity index (χ4n) is 0.937. The molecule has 0 fully saturated rings. The predicted molar refractivity (Wildman–Crippen MR) is 41.6 cm³/mol. The maximum atomic E-state index is 12.2. The van der Waals surface area contributed by atoms with Gasteiger partial charge in [0.2, 0.25) is 0 Å². The van der Waals surface area contributed by atoms with Crippen molar-refractivity contribution >= 4 is 0 Å². The van der Waals surface area contributed by atoms with Gasteiger partial charge in [0.05, 0.1) is 0 Å². The van der Waals surface area contributed by atoms with Gasteiger partial charge >= 0.3 is 0 Å². The quantitative estimate of drug-likeness (QED) is 0.634. The van der Waals surface area contributed by atoms with Crippen LogP contribution in [-0.2, 0) is 6.54 Å². The van der Waals surface area contributed by atoms with Crippen LogP contribution in [0.4, 0.5) is 8.78 Å². The van der Waals surface area contributed by atoms with Crippen LogP contribution >= 0.6 is 0 Å². The van der Waals surface area contributed by atoms with Gasteiger partial charge in [-0.05, 0) is 6.07 Å². The molecule has 1 rings (SSSR count). The minimum Gasteiger partial charge on any atom is -0.503 e. The van der Waals surface area contributed by atoms with Crippen LogP contribution in [0.5, 0.6) is 5.75 Å². The standard InChI is InChI=1S/C7H8F2N2O2/c8-6(9)3-1-5(12)7(13)11-4(3)2-10/h1,6,12H,2,10H2,(H,11,13). The predicted octanol–water partition coefficient (Wildman–Crippen LogP) is 0.477. The molecule has 0 spiro atoms. The smallest absolute Gasteiger partial charge is 0.290 e. The molecule has 0 unspecified atom stereocenters. The number of hydrogen-bond donors (Lipinski definition) is 3. The number of alkyl halides is 2. The van der Waals surface area contributed by atoms with Crippen molar-refractivity contribution in [3.63, 3.8) is 0 Å². The molecule has 4 nitrogen and oxygen atoms in total. The van der Waals surface area contributed by atoms with E-state index >= 15 is 0 Å². The third-order valence-electron chi connectivity index (χ3n) is 1.58. The molecular weight excluding hydrogens is 182 g/mol. The summed E-state index contributed by atoms with van der Waals surface area (Å²) < 4.78 is 24.5. The van der Waals surface area contributed by atoms with E-state index in [9.17, 15) is 13.6 Å². The molecule has 13 heavy (non-hydrogen) atoms. The average molecular weight is 190 g/mol.